The summed E-state index contributed by atoms with van der Waals surface area (Å²) in [6.45, 7) is 0.701. The van der Waals surface area contributed by atoms with E-state index in [0.29, 0.717) is 28.2 Å². The molecule has 0 aromatic carbocycles. The summed E-state index contributed by atoms with van der Waals surface area (Å²) in [5.41, 5.74) is 0. The molecule has 1 aromatic rings. The molecule has 1 aliphatic rings. The molecular weight excluding hydrogens is 342 g/mol. The van der Waals surface area contributed by atoms with Crippen LogP contribution in [0.5, 0.6) is 0 Å². The molecular formula is C10H14BrNO4S2. The second-order valence-electron chi connectivity index (χ2n) is 4.02. The maximum Gasteiger partial charge on any atom is 0.245 e. The standard InChI is InChI=1S/C10H14BrNO4S2/c1-16-7-2-3-12(5-7)18(14,15)9-4-8(6-13)17-10(9)11/h4,7,13H,2-3,5-6H2,1H3. The van der Waals surface area contributed by atoms with Crippen molar-refractivity contribution in [1.82, 2.24) is 4.31 Å². The summed E-state index contributed by atoms with van der Waals surface area (Å²) in [7, 11) is -1.91. The van der Waals surface area contributed by atoms with E-state index in [4.69, 9.17) is 9.84 Å². The number of rotatable bonds is 4. The van der Waals surface area contributed by atoms with Crippen LogP contribution in [0.2, 0.25) is 0 Å². The maximum absolute atomic E-state index is 12.4. The topological polar surface area (TPSA) is 66.8 Å². The Morgan fingerprint density at radius 1 is 1.67 bits per heavy atom. The molecule has 8 heteroatoms. The Morgan fingerprint density at radius 3 is 2.89 bits per heavy atom. The molecule has 0 aliphatic carbocycles. The summed E-state index contributed by atoms with van der Waals surface area (Å²) < 4.78 is 32.0. The predicted octanol–water partition coefficient (Wildman–Crippen LogP) is 1.41. The smallest absolute Gasteiger partial charge is 0.245 e. The van der Waals surface area contributed by atoms with Gasteiger partial charge in [-0.1, -0.05) is 0 Å². The van der Waals surface area contributed by atoms with Gasteiger partial charge < -0.3 is 9.84 Å². The van der Waals surface area contributed by atoms with Gasteiger partial charge in [-0.3, -0.25) is 0 Å². The number of ether oxygens (including phenoxy) is 1. The van der Waals surface area contributed by atoms with Gasteiger partial charge in [0.1, 0.15) is 4.90 Å². The Balaban J connectivity index is 2.28. The van der Waals surface area contributed by atoms with E-state index < -0.39 is 10.0 Å². The number of hydrogen-bond acceptors (Lipinski definition) is 5. The van der Waals surface area contributed by atoms with E-state index in [1.54, 1.807) is 7.11 Å². The fraction of sp³-hybridized carbons (Fsp3) is 0.600. The third-order valence-electron chi connectivity index (χ3n) is 2.92. The summed E-state index contributed by atoms with van der Waals surface area (Å²) in [6.07, 6.45) is 0.680. The molecule has 2 heterocycles. The van der Waals surface area contributed by atoms with Gasteiger partial charge in [-0.05, 0) is 28.4 Å². The van der Waals surface area contributed by atoms with Gasteiger partial charge in [-0.25, -0.2) is 8.42 Å². The summed E-state index contributed by atoms with van der Waals surface area (Å²) in [5.74, 6) is 0. The van der Waals surface area contributed by atoms with Gasteiger partial charge in [0.2, 0.25) is 10.0 Å². The van der Waals surface area contributed by atoms with Gasteiger partial charge in [0, 0.05) is 25.1 Å². The summed E-state index contributed by atoms with van der Waals surface area (Å²) in [5, 5.41) is 9.05. The third-order valence-corrected chi connectivity index (χ3v) is 7.02. The highest BCUT2D eigenvalue weighted by molar-refractivity contribution is 9.11. The molecule has 0 saturated carbocycles. The zero-order chi connectivity index (χ0) is 13.3. The van der Waals surface area contributed by atoms with Crippen LogP contribution in [-0.4, -0.2) is 44.1 Å². The van der Waals surface area contributed by atoms with Crippen molar-refractivity contribution in [3.63, 3.8) is 0 Å². The largest absolute Gasteiger partial charge is 0.391 e. The highest BCUT2D eigenvalue weighted by Gasteiger charge is 2.34. The number of aliphatic hydroxyl groups excluding tert-OH is 1. The van der Waals surface area contributed by atoms with Crippen LogP contribution in [0.15, 0.2) is 14.7 Å². The summed E-state index contributed by atoms with van der Waals surface area (Å²) >= 11 is 4.48. The van der Waals surface area contributed by atoms with Crippen LogP contribution in [-0.2, 0) is 21.4 Å². The minimum absolute atomic E-state index is 0.0329. The van der Waals surface area contributed by atoms with Gasteiger partial charge in [-0.2, -0.15) is 4.31 Å². The fourth-order valence-electron chi connectivity index (χ4n) is 1.90. The maximum atomic E-state index is 12.4. The first kappa shape index (κ1) is 14.4. The van der Waals surface area contributed by atoms with Crippen molar-refractivity contribution < 1.29 is 18.3 Å². The molecule has 5 nitrogen and oxygen atoms in total. The lowest BCUT2D eigenvalue weighted by Gasteiger charge is -2.15. The van der Waals surface area contributed by atoms with Crippen molar-refractivity contribution in [2.24, 2.45) is 0 Å². The molecule has 1 fully saturated rings. The lowest BCUT2D eigenvalue weighted by atomic mass is 10.3. The van der Waals surface area contributed by atoms with Crippen molar-refractivity contribution in [3.05, 3.63) is 14.7 Å². The van der Waals surface area contributed by atoms with Gasteiger partial charge in [-0.15, -0.1) is 11.3 Å². The SMILES string of the molecule is COC1CCN(S(=O)(=O)c2cc(CO)sc2Br)C1. The zero-order valence-electron chi connectivity index (χ0n) is 9.80. The molecule has 2 rings (SSSR count). The third kappa shape index (κ3) is 2.63. The number of sulfonamides is 1. The van der Waals surface area contributed by atoms with Gasteiger partial charge >= 0.3 is 0 Å². The van der Waals surface area contributed by atoms with Crippen LogP contribution in [0.4, 0.5) is 0 Å². The van der Waals surface area contributed by atoms with Crippen molar-refractivity contribution in [1.29, 1.82) is 0 Å². The molecule has 1 aromatic heterocycles. The van der Waals surface area contributed by atoms with Crippen LogP contribution in [0.3, 0.4) is 0 Å². The normalized spacial score (nSPS) is 21.6. The molecule has 18 heavy (non-hydrogen) atoms. The molecule has 1 atom stereocenters. The van der Waals surface area contributed by atoms with Crippen LogP contribution in [0.1, 0.15) is 11.3 Å². The molecule has 1 unspecified atom stereocenters. The van der Waals surface area contributed by atoms with E-state index in [1.807, 2.05) is 0 Å². The molecule has 1 saturated heterocycles. The minimum atomic E-state index is -3.50. The highest BCUT2D eigenvalue weighted by atomic mass is 79.9. The fourth-order valence-corrected chi connectivity index (χ4v) is 5.88. The quantitative estimate of drug-likeness (QED) is 0.886. The first-order chi connectivity index (χ1) is 8.48. The van der Waals surface area contributed by atoms with E-state index in [0.717, 1.165) is 0 Å². The Hall–Kier alpha value is 0.01000. The van der Waals surface area contributed by atoms with Crippen LogP contribution in [0, 0.1) is 0 Å². The molecule has 0 bridgehead atoms. The van der Waals surface area contributed by atoms with Crippen molar-refractivity contribution >= 4 is 37.3 Å². The van der Waals surface area contributed by atoms with E-state index in [2.05, 4.69) is 15.9 Å². The Kier molecular flexibility index (Phi) is 4.45. The highest BCUT2D eigenvalue weighted by Crippen LogP contribution is 2.34. The number of methoxy groups -OCH3 is 1. The van der Waals surface area contributed by atoms with E-state index >= 15 is 0 Å². The monoisotopic (exact) mass is 355 g/mol. The van der Waals surface area contributed by atoms with E-state index in [9.17, 15) is 8.42 Å². The predicted molar refractivity (Wildman–Crippen MR) is 72.1 cm³/mol. The van der Waals surface area contributed by atoms with Crippen LogP contribution >= 0.6 is 27.3 Å². The number of halogens is 1. The molecule has 1 aliphatic heterocycles. The first-order valence-corrected chi connectivity index (χ1v) is 8.46. The number of aliphatic hydroxyl groups is 1. The molecule has 0 amide bonds. The summed E-state index contributed by atoms with van der Waals surface area (Å²) in [4.78, 5) is 0.858. The lowest BCUT2D eigenvalue weighted by Crippen LogP contribution is -2.30. The molecule has 0 radical (unpaired) electrons. The van der Waals surface area contributed by atoms with Gasteiger partial charge in [0.05, 0.1) is 16.5 Å². The minimum Gasteiger partial charge on any atom is -0.391 e. The molecule has 0 spiro atoms. The second-order valence-corrected chi connectivity index (χ2v) is 8.38. The van der Waals surface area contributed by atoms with E-state index in [1.165, 1.54) is 21.7 Å². The Morgan fingerprint density at radius 2 is 2.39 bits per heavy atom. The lowest BCUT2D eigenvalue weighted by molar-refractivity contribution is 0.115. The van der Waals surface area contributed by atoms with Gasteiger partial charge in [0.15, 0.2) is 0 Å². The Bertz CT molecular complexity index is 528. The van der Waals surface area contributed by atoms with Crippen LogP contribution in [0.25, 0.3) is 0 Å². The van der Waals surface area contributed by atoms with Gasteiger partial charge in [0.25, 0.3) is 0 Å². The average molecular weight is 356 g/mol. The molecule has 102 valence electrons. The molecule has 1 N–H and O–H groups in total. The number of thiophene rings is 1. The number of nitrogens with zero attached hydrogens (tertiary/aromatic N) is 1. The van der Waals surface area contributed by atoms with Crippen LogP contribution < -0.4 is 0 Å². The summed E-state index contributed by atoms with van der Waals surface area (Å²) in [6, 6.07) is 1.52. The zero-order valence-corrected chi connectivity index (χ0v) is 13.0. The Labute approximate surface area is 119 Å². The second kappa shape index (κ2) is 5.56. The van der Waals surface area contributed by atoms with E-state index in [-0.39, 0.29) is 17.6 Å². The number of hydrogen-bond donors (Lipinski definition) is 1. The first-order valence-electron chi connectivity index (χ1n) is 5.41. The van der Waals surface area contributed by atoms with Crippen molar-refractivity contribution in [3.8, 4) is 0 Å². The van der Waals surface area contributed by atoms with Crippen molar-refractivity contribution in [2.75, 3.05) is 20.2 Å². The van der Waals surface area contributed by atoms with Crippen molar-refractivity contribution in [2.45, 2.75) is 24.0 Å². The average Bonchev–Trinajstić information content (AvgIpc) is 2.95.